The van der Waals surface area contributed by atoms with Crippen molar-refractivity contribution in [3.63, 3.8) is 0 Å². The Morgan fingerprint density at radius 1 is 1.37 bits per heavy atom. The average molecular weight is 364 g/mol. The zero-order valence-corrected chi connectivity index (χ0v) is 15.4. The second-order valence-electron chi connectivity index (χ2n) is 6.56. The van der Waals surface area contributed by atoms with Gasteiger partial charge in [-0.15, -0.1) is 0 Å². The number of pyridine rings is 1. The summed E-state index contributed by atoms with van der Waals surface area (Å²) in [7, 11) is 1.60. The van der Waals surface area contributed by atoms with E-state index in [4.69, 9.17) is 4.74 Å². The number of hydrogen-bond acceptors (Lipinski definition) is 5. The molecule has 27 heavy (non-hydrogen) atoms. The summed E-state index contributed by atoms with van der Waals surface area (Å²) in [6.07, 6.45) is 7.02. The van der Waals surface area contributed by atoms with Crippen LogP contribution in [-0.2, 0) is 4.74 Å². The lowest BCUT2D eigenvalue weighted by molar-refractivity contribution is 0.0907. The van der Waals surface area contributed by atoms with Gasteiger partial charge in [0.1, 0.15) is 16.9 Å². The normalized spacial score (nSPS) is 12.6. The predicted octanol–water partition coefficient (Wildman–Crippen LogP) is 2.35. The first kappa shape index (κ1) is 17.2. The van der Waals surface area contributed by atoms with Crippen molar-refractivity contribution in [1.29, 1.82) is 0 Å². The molecule has 0 bridgehead atoms. The van der Waals surface area contributed by atoms with Crippen LogP contribution in [-0.4, -0.2) is 50.0 Å². The van der Waals surface area contributed by atoms with Crippen LogP contribution >= 0.6 is 0 Å². The Morgan fingerprint density at radius 3 is 3.04 bits per heavy atom. The van der Waals surface area contributed by atoms with Crippen molar-refractivity contribution in [1.82, 2.24) is 29.7 Å². The molecule has 1 amide bonds. The van der Waals surface area contributed by atoms with Crippen LogP contribution in [0, 0.1) is 6.92 Å². The summed E-state index contributed by atoms with van der Waals surface area (Å²) in [5.41, 5.74) is 4.98. The van der Waals surface area contributed by atoms with Crippen LogP contribution in [0.5, 0.6) is 0 Å². The Labute approximate surface area is 155 Å². The van der Waals surface area contributed by atoms with Crippen molar-refractivity contribution < 1.29 is 9.53 Å². The number of carbonyl (C=O) groups excluding carboxylic acids is 1. The number of imidazole rings is 1. The summed E-state index contributed by atoms with van der Waals surface area (Å²) in [5, 5.41) is 2.90. The molecular formula is C19H20N6O2. The van der Waals surface area contributed by atoms with Crippen LogP contribution in [0.25, 0.3) is 28.2 Å². The van der Waals surface area contributed by atoms with Gasteiger partial charge in [0, 0.05) is 25.5 Å². The highest BCUT2D eigenvalue weighted by Gasteiger charge is 2.18. The van der Waals surface area contributed by atoms with E-state index in [9.17, 15) is 4.79 Å². The monoisotopic (exact) mass is 364 g/mol. The Balaban J connectivity index is 1.74. The number of amides is 1. The van der Waals surface area contributed by atoms with Crippen LogP contribution < -0.4 is 5.32 Å². The maximum absolute atomic E-state index is 12.6. The number of nitrogens with zero attached hydrogens (tertiary/aromatic N) is 4. The molecule has 0 unspecified atom stereocenters. The Bertz CT molecular complexity index is 1130. The van der Waals surface area contributed by atoms with Crippen molar-refractivity contribution in [3.05, 3.63) is 48.0 Å². The summed E-state index contributed by atoms with van der Waals surface area (Å²) in [4.78, 5) is 29.1. The Hall–Kier alpha value is -3.26. The lowest BCUT2D eigenvalue weighted by Crippen LogP contribution is -2.35. The number of carbonyl (C=O) groups is 1. The molecule has 0 saturated heterocycles. The molecule has 138 valence electrons. The molecule has 0 radical (unpaired) electrons. The van der Waals surface area contributed by atoms with E-state index in [-0.39, 0.29) is 11.9 Å². The van der Waals surface area contributed by atoms with E-state index >= 15 is 0 Å². The third-order valence-corrected chi connectivity index (χ3v) is 4.35. The zero-order valence-electron chi connectivity index (χ0n) is 15.4. The SMILES string of the molecule is COC[C@H](C)NC(=O)c1c[nH]c2ncc(-c3cnc4cc(C)ccn34)nc12. The average Bonchev–Trinajstić information content (AvgIpc) is 3.24. The molecule has 0 saturated carbocycles. The lowest BCUT2D eigenvalue weighted by atomic mass is 10.2. The highest BCUT2D eigenvalue weighted by atomic mass is 16.5. The molecule has 0 aliphatic rings. The molecule has 1 atom stereocenters. The van der Waals surface area contributed by atoms with Crippen molar-refractivity contribution in [2.24, 2.45) is 0 Å². The van der Waals surface area contributed by atoms with E-state index in [1.54, 1.807) is 25.7 Å². The second kappa shape index (κ2) is 6.81. The minimum Gasteiger partial charge on any atom is -0.383 e. The summed E-state index contributed by atoms with van der Waals surface area (Å²) in [5.74, 6) is -0.217. The van der Waals surface area contributed by atoms with E-state index in [0.717, 1.165) is 16.9 Å². The van der Waals surface area contributed by atoms with Crippen molar-refractivity contribution >= 4 is 22.7 Å². The van der Waals surface area contributed by atoms with E-state index in [1.165, 1.54) is 0 Å². The number of nitrogens with one attached hydrogen (secondary N) is 2. The molecule has 4 aromatic rings. The fraction of sp³-hybridized carbons (Fsp3) is 0.263. The van der Waals surface area contributed by atoms with Gasteiger partial charge in [-0.1, -0.05) is 0 Å². The van der Waals surface area contributed by atoms with Gasteiger partial charge in [-0.05, 0) is 31.5 Å². The van der Waals surface area contributed by atoms with E-state index in [1.807, 2.05) is 36.6 Å². The highest BCUT2D eigenvalue weighted by Crippen LogP contribution is 2.22. The minimum atomic E-state index is -0.217. The molecular weight excluding hydrogens is 344 g/mol. The first-order chi connectivity index (χ1) is 13.1. The number of hydrogen-bond donors (Lipinski definition) is 2. The third kappa shape index (κ3) is 3.15. The molecule has 8 heteroatoms. The standard InChI is InChI=1S/C19H20N6O2/c1-11-4-5-25-15(9-20-16(25)6-11)14-8-22-18-17(24-14)13(7-21-18)19(26)23-12(2)10-27-3/h4-9,12H,10H2,1-3H3,(H,21,22)(H,23,26)/t12-/m0/s1. The topological polar surface area (TPSA) is 97.2 Å². The van der Waals surface area contributed by atoms with Gasteiger partial charge in [-0.3, -0.25) is 9.20 Å². The molecule has 2 N–H and O–H groups in total. The molecule has 0 spiro atoms. The zero-order chi connectivity index (χ0) is 19.0. The number of H-pyrrole nitrogens is 1. The van der Waals surface area contributed by atoms with Crippen molar-refractivity contribution in [2.45, 2.75) is 19.9 Å². The van der Waals surface area contributed by atoms with E-state index in [2.05, 4.69) is 25.3 Å². The number of methoxy groups -OCH3 is 1. The molecule has 0 fully saturated rings. The minimum absolute atomic E-state index is 0.106. The van der Waals surface area contributed by atoms with Gasteiger partial charge >= 0.3 is 0 Å². The number of rotatable bonds is 5. The molecule has 0 aliphatic heterocycles. The molecule has 4 heterocycles. The number of aryl methyl sites for hydroxylation is 1. The number of ether oxygens (including phenoxy) is 1. The van der Waals surface area contributed by atoms with Crippen molar-refractivity contribution in [3.8, 4) is 11.4 Å². The highest BCUT2D eigenvalue weighted by molar-refractivity contribution is 6.04. The maximum atomic E-state index is 12.6. The smallest absolute Gasteiger partial charge is 0.255 e. The van der Waals surface area contributed by atoms with Crippen LogP contribution in [0.4, 0.5) is 0 Å². The Kier molecular flexibility index (Phi) is 4.33. The number of aromatic nitrogens is 5. The van der Waals surface area contributed by atoms with Crippen LogP contribution in [0.1, 0.15) is 22.8 Å². The lowest BCUT2D eigenvalue weighted by Gasteiger charge is -2.11. The van der Waals surface area contributed by atoms with E-state index in [0.29, 0.717) is 29.0 Å². The summed E-state index contributed by atoms with van der Waals surface area (Å²) < 4.78 is 7.02. The molecule has 0 aromatic carbocycles. The fourth-order valence-corrected chi connectivity index (χ4v) is 3.05. The molecule has 4 aromatic heterocycles. The van der Waals surface area contributed by atoms with E-state index < -0.39 is 0 Å². The first-order valence-corrected chi connectivity index (χ1v) is 8.65. The van der Waals surface area contributed by atoms with Crippen LogP contribution in [0.2, 0.25) is 0 Å². The molecule has 0 aliphatic carbocycles. The second-order valence-corrected chi connectivity index (χ2v) is 6.56. The van der Waals surface area contributed by atoms with Gasteiger partial charge < -0.3 is 15.0 Å². The maximum Gasteiger partial charge on any atom is 0.255 e. The summed E-state index contributed by atoms with van der Waals surface area (Å²) in [6, 6.07) is 3.91. The molecule has 8 nitrogen and oxygen atoms in total. The van der Waals surface area contributed by atoms with Crippen LogP contribution in [0.3, 0.4) is 0 Å². The summed E-state index contributed by atoms with van der Waals surface area (Å²) >= 11 is 0. The van der Waals surface area contributed by atoms with Gasteiger partial charge in [0.15, 0.2) is 5.65 Å². The van der Waals surface area contributed by atoms with Gasteiger partial charge in [0.25, 0.3) is 5.91 Å². The number of fused-ring (bicyclic) bond motifs is 2. The Morgan fingerprint density at radius 2 is 2.22 bits per heavy atom. The predicted molar refractivity (Wildman–Crippen MR) is 102 cm³/mol. The summed E-state index contributed by atoms with van der Waals surface area (Å²) in [6.45, 7) is 4.34. The van der Waals surface area contributed by atoms with Gasteiger partial charge in [-0.25, -0.2) is 15.0 Å². The van der Waals surface area contributed by atoms with Crippen molar-refractivity contribution in [2.75, 3.05) is 13.7 Å². The fourth-order valence-electron chi connectivity index (χ4n) is 3.05. The van der Waals surface area contributed by atoms with Gasteiger partial charge in [0.2, 0.25) is 0 Å². The molecule has 4 rings (SSSR count). The largest absolute Gasteiger partial charge is 0.383 e. The van der Waals surface area contributed by atoms with Gasteiger partial charge in [-0.2, -0.15) is 0 Å². The van der Waals surface area contributed by atoms with Gasteiger partial charge in [0.05, 0.1) is 30.3 Å². The van der Waals surface area contributed by atoms with Crippen LogP contribution in [0.15, 0.2) is 36.9 Å². The first-order valence-electron chi connectivity index (χ1n) is 8.65. The number of aromatic amines is 1. The third-order valence-electron chi connectivity index (χ3n) is 4.35. The quantitative estimate of drug-likeness (QED) is 0.566.